The van der Waals surface area contributed by atoms with Crippen molar-refractivity contribution in [1.82, 2.24) is 5.32 Å². The van der Waals surface area contributed by atoms with E-state index in [1.54, 1.807) is 13.8 Å². The maximum Gasteiger partial charge on any atom is 0.402 e. The first-order chi connectivity index (χ1) is 13.4. The van der Waals surface area contributed by atoms with Crippen LogP contribution in [0.15, 0.2) is 42.5 Å². The molecule has 0 aliphatic carbocycles. The summed E-state index contributed by atoms with van der Waals surface area (Å²) in [5.41, 5.74) is -3.13. The molecule has 2 aromatic carbocycles. The van der Waals surface area contributed by atoms with Gasteiger partial charge in [0.2, 0.25) is 0 Å². The number of carbonyl (C=O) groups excluding carboxylic acids is 3. The second-order valence-electron chi connectivity index (χ2n) is 7.27. The van der Waals surface area contributed by atoms with E-state index in [1.165, 1.54) is 24.3 Å². The standard InChI is InChI=1S/C21H18F3NO4/c1-11(2)25-17(26)12-5-4-6-13(9-12)20(3,21(22,23)24)14-7-8-15-16(10-14)19(28)29-18(15)27/h4-11H,1-3H3,(H,25,26)/t20-/m0/s1. The van der Waals surface area contributed by atoms with Crippen molar-refractivity contribution < 1.29 is 32.3 Å². The van der Waals surface area contributed by atoms with E-state index < -0.39 is 29.4 Å². The van der Waals surface area contributed by atoms with Crippen LogP contribution in [0.1, 0.15) is 63.0 Å². The van der Waals surface area contributed by atoms with Crippen molar-refractivity contribution in [2.75, 3.05) is 0 Å². The van der Waals surface area contributed by atoms with E-state index in [-0.39, 0.29) is 33.9 Å². The molecular weight excluding hydrogens is 387 g/mol. The van der Waals surface area contributed by atoms with Crippen molar-refractivity contribution in [3.8, 4) is 0 Å². The molecule has 1 amide bonds. The summed E-state index contributed by atoms with van der Waals surface area (Å²) in [4.78, 5) is 35.7. The lowest BCUT2D eigenvalue weighted by atomic mass is 9.74. The highest BCUT2D eigenvalue weighted by atomic mass is 19.4. The number of carbonyl (C=O) groups is 3. The molecule has 0 radical (unpaired) electrons. The van der Waals surface area contributed by atoms with E-state index in [0.717, 1.165) is 25.1 Å². The summed E-state index contributed by atoms with van der Waals surface area (Å²) in [5.74, 6) is -2.37. The number of rotatable bonds is 4. The van der Waals surface area contributed by atoms with Gasteiger partial charge in [0.05, 0.1) is 11.1 Å². The number of ether oxygens (including phenoxy) is 1. The van der Waals surface area contributed by atoms with Gasteiger partial charge >= 0.3 is 18.1 Å². The minimum Gasteiger partial charge on any atom is -0.386 e. The number of amides is 1. The molecule has 5 nitrogen and oxygen atoms in total. The Morgan fingerprint density at radius 3 is 2.21 bits per heavy atom. The van der Waals surface area contributed by atoms with E-state index in [4.69, 9.17) is 0 Å². The van der Waals surface area contributed by atoms with Gasteiger partial charge in [-0.1, -0.05) is 18.2 Å². The van der Waals surface area contributed by atoms with Gasteiger partial charge < -0.3 is 10.1 Å². The summed E-state index contributed by atoms with van der Waals surface area (Å²) in [5, 5.41) is 2.64. The topological polar surface area (TPSA) is 72.5 Å². The summed E-state index contributed by atoms with van der Waals surface area (Å²) in [6.45, 7) is 4.45. The number of alkyl halides is 3. The Morgan fingerprint density at radius 1 is 0.966 bits per heavy atom. The van der Waals surface area contributed by atoms with E-state index in [9.17, 15) is 27.6 Å². The largest absolute Gasteiger partial charge is 0.402 e. The third-order valence-corrected chi connectivity index (χ3v) is 4.91. The number of esters is 2. The first-order valence-electron chi connectivity index (χ1n) is 8.84. The highest BCUT2D eigenvalue weighted by Crippen LogP contribution is 2.47. The molecule has 0 spiro atoms. The first-order valence-corrected chi connectivity index (χ1v) is 8.84. The second-order valence-corrected chi connectivity index (χ2v) is 7.27. The lowest BCUT2D eigenvalue weighted by Crippen LogP contribution is -2.41. The molecule has 0 aromatic heterocycles. The van der Waals surface area contributed by atoms with Crippen LogP contribution in [-0.4, -0.2) is 30.1 Å². The molecule has 0 saturated heterocycles. The molecule has 0 fully saturated rings. The molecule has 1 aliphatic rings. The Labute approximate surface area is 164 Å². The van der Waals surface area contributed by atoms with Gasteiger partial charge in [-0.2, -0.15) is 13.2 Å². The molecule has 8 heteroatoms. The number of halogens is 3. The number of cyclic esters (lactones) is 2. The van der Waals surface area contributed by atoms with Crippen LogP contribution in [0, 0.1) is 0 Å². The zero-order valence-corrected chi connectivity index (χ0v) is 15.9. The quantitative estimate of drug-likeness (QED) is 0.616. The van der Waals surface area contributed by atoms with Gasteiger partial charge in [0.15, 0.2) is 0 Å². The molecule has 2 aromatic rings. The van der Waals surface area contributed by atoms with Gasteiger partial charge in [0.1, 0.15) is 5.41 Å². The fraction of sp³-hybridized carbons (Fsp3) is 0.286. The predicted octanol–water partition coefficient (Wildman–Crippen LogP) is 4.00. The van der Waals surface area contributed by atoms with Crippen molar-refractivity contribution in [3.63, 3.8) is 0 Å². The number of hydrogen-bond donors (Lipinski definition) is 1. The zero-order valence-electron chi connectivity index (χ0n) is 15.9. The van der Waals surface area contributed by atoms with Gasteiger partial charge in [-0.05, 0) is 56.2 Å². The summed E-state index contributed by atoms with van der Waals surface area (Å²) < 4.78 is 47.2. The smallest absolute Gasteiger partial charge is 0.386 e. The van der Waals surface area contributed by atoms with Crippen LogP contribution in [0.3, 0.4) is 0 Å². The van der Waals surface area contributed by atoms with Gasteiger partial charge in [0, 0.05) is 11.6 Å². The van der Waals surface area contributed by atoms with E-state index in [0.29, 0.717) is 0 Å². The molecule has 0 saturated carbocycles. The molecule has 1 heterocycles. The van der Waals surface area contributed by atoms with Crippen LogP contribution >= 0.6 is 0 Å². The molecule has 1 N–H and O–H groups in total. The number of nitrogens with one attached hydrogen (secondary N) is 1. The molecule has 0 bridgehead atoms. The van der Waals surface area contributed by atoms with E-state index >= 15 is 0 Å². The van der Waals surface area contributed by atoms with Crippen LogP contribution in [0.4, 0.5) is 13.2 Å². The highest BCUT2D eigenvalue weighted by molar-refractivity contribution is 6.14. The van der Waals surface area contributed by atoms with Crippen molar-refractivity contribution in [2.24, 2.45) is 0 Å². The van der Waals surface area contributed by atoms with Crippen LogP contribution in [-0.2, 0) is 10.2 Å². The minimum absolute atomic E-state index is 0.0756. The Morgan fingerprint density at radius 2 is 1.59 bits per heavy atom. The molecule has 29 heavy (non-hydrogen) atoms. The van der Waals surface area contributed by atoms with Gasteiger partial charge in [-0.3, -0.25) is 4.79 Å². The van der Waals surface area contributed by atoms with Gasteiger partial charge in [-0.25, -0.2) is 9.59 Å². The Kier molecular flexibility index (Phi) is 4.98. The van der Waals surface area contributed by atoms with Crippen LogP contribution in [0.2, 0.25) is 0 Å². The van der Waals surface area contributed by atoms with Crippen molar-refractivity contribution >= 4 is 17.8 Å². The molecule has 3 rings (SSSR count). The molecule has 0 unspecified atom stereocenters. The Hall–Kier alpha value is -3.16. The van der Waals surface area contributed by atoms with Crippen molar-refractivity contribution in [2.45, 2.75) is 38.4 Å². The summed E-state index contributed by atoms with van der Waals surface area (Å²) in [6, 6.07) is 8.40. The van der Waals surface area contributed by atoms with E-state index in [2.05, 4.69) is 10.1 Å². The molecular formula is C21H18F3NO4. The van der Waals surface area contributed by atoms with Crippen LogP contribution in [0.25, 0.3) is 0 Å². The molecule has 1 atom stereocenters. The predicted molar refractivity (Wildman–Crippen MR) is 97.7 cm³/mol. The number of hydrogen-bond acceptors (Lipinski definition) is 4. The normalized spacial score (nSPS) is 15.7. The molecule has 152 valence electrons. The maximum absolute atomic E-state index is 14.3. The SMILES string of the molecule is CC(C)NC(=O)c1cccc([C@@](C)(c2ccc3c(c2)C(=O)OC3=O)C(F)(F)F)c1. The third kappa shape index (κ3) is 3.50. The Balaban J connectivity index is 2.15. The summed E-state index contributed by atoms with van der Waals surface area (Å²) in [7, 11) is 0. The van der Waals surface area contributed by atoms with E-state index in [1.807, 2.05) is 0 Å². The average molecular weight is 405 g/mol. The van der Waals surface area contributed by atoms with Crippen LogP contribution in [0.5, 0.6) is 0 Å². The number of fused-ring (bicyclic) bond motifs is 1. The van der Waals surface area contributed by atoms with Crippen molar-refractivity contribution in [1.29, 1.82) is 0 Å². The van der Waals surface area contributed by atoms with Crippen molar-refractivity contribution in [3.05, 3.63) is 70.3 Å². The maximum atomic E-state index is 14.3. The average Bonchev–Trinajstić information content (AvgIpc) is 2.93. The minimum atomic E-state index is -4.75. The van der Waals surface area contributed by atoms with Gasteiger partial charge in [0.25, 0.3) is 5.91 Å². The lowest BCUT2D eigenvalue weighted by molar-refractivity contribution is -0.173. The highest BCUT2D eigenvalue weighted by Gasteiger charge is 2.54. The second kappa shape index (κ2) is 7.02. The Bertz CT molecular complexity index is 1010. The molecule has 1 aliphatic heterocycles. The van der Waals surface area contributed by atoms with Gasteiger partial charge in [-0.15, -0.1) is 0 Å². The summed E-state index contributed by atoms with van der Waals surface area (Å²) >= 11 is 0. The summed E-state index contributed by atoms with van der Waals surface area (Å²) in [6.07, 6.45) is -4.75. The fourth-order valence-electron chi connectivity index (χ4n) is 3.21. The fourth-order valence-corrected chi connectivity index (χ4v) is 3.21. The van der Waals surface area contributed by atoms with Crippen LogP contribution < -0.4 is 5.32 Å². The first kappa shape index (κ1) is 20.6. The monoisotopic (exact) mass is 405 g/mol. The zero-order chi connectivity index (χ0) is 21.6. The third-order valence-electron chi connectivity index (χ3n) is 4.91. The lowest BCUT2D eigenvalue weighted by Gasteiger charge is -2.33. The number of benzene rings is 2.